The molecule has 7 heteroatoms. The number of hydrogen-bond donors (Lipinski definition) is 1. The Morgan fingerprint density at radius 3 is 2.00 bits per heavy atom. The van der Waals surface area contributed by atoms with Gasteiger partial charge in [-0.1, -0.05) is 6.58 Å². The molecule has 0 aromatic rings. The summed E-state index contributed by atoms with van der Waals surface area (Å²) in [4.78, 5) is 10.5. The summed E-state index contributed by atoms with van der Waals surface area (Å²) in [6.07, 6.45) is 2.03. The van der Waals surface area contributed by atoms with E-state index in [9.17, 15) is 4.79 Å². The minimum atomic E-state index is -2.49. The smallest absolute Gasteiger partial charge is 0.478 e. The van der Waals surface area contributed by atoms with Gasteiger partial charge in [0.15, 0.2) is 0 Å². The standard InChI is InChI=1S/C10H20O5Si.H2S/c1-9(10(11)12)7-5-6-8-16(13-2,14-3)15-4;/h1,5-8H2,2-4H3,(H,11,12);1H2. The van der Waals surface area contributed by atoms with E-state index in [1.807, 2.05) is 0 Å². The van der Waals surface area contributed by atoms with Crippen LogP contribution in [0.4, 0.5) is 0 Å². The summed E-state index contributed by atoms with van der Waals surface area (Å²) in [5.74, 6) is -0.936. The highest BCUT2D eigenvalue weighted by Gasteiger charge is 2.36. The van der Waals surface area contributed by atoms with Crippen LogP contribution in [-0.4, -0.2) is 41.2 Å². The number of unbranched alkanes of at least 4 members (excludes halogenated alkanes) is 1. The Morgan fingerprint density at radius 1 is 1.18 bits per heavy atom. The van der Waals surface area contributed by atoms with E-state index in [0.29, 0.717) is 12.5 Å². The largest absolute Gasteiger partial charge is 0.500 e. The second-order valence-corrected chi connectivity index (χ2v) is 6.50. The molecule has 0 radical (unpaired) electrons. The van der Waals surface area contributed by atoms with Crippen molar-refractivity contribution in [3.05, 3.63) is 12.2 Å². The van der Waals surface area contributed by atoms with Gasteiger partial charge in [0.25, 0.3) is 0 Å². The summed E-state index contributed by atoms with van der Waals surface area (Å²) in [6.45, 7) is 3.47. The third kappa shape index (κ3) is 6.84. The Kier molecular flexibility index (Phi) is 10.8. The average molecular weight is 282 g/mol. The number of carboxylic acid groups (broad SMARTS) is 1. The van der Waals surface area contributed by atoms with Crippen molar-refractivity contribution in [1.82, 2.24) is 0 Å². The van der Waals surface area contributed by atoms with Crippen molar-refractivity contribution in [2.75, 3.05) is 21.3 Å². The van der Waals surface area contributed by atoms with Gasteiger partial charge in [-0.15, -0.1) is 0 Å². The van der Waals surface area contributed by atoms with E-state index in [0.717, 1.165) is 12.8 Å². The maximum Gasteiger partial charge on any atom is 0.500 e. The van der Waals surface area contributed by atoms with Crippen LogP contribution in [0, 0.1) is 0 Å². The van der Waals surface area contributed by atoms with Crippen LogP contribution in [0.3, 0.4) is 0 Å². The first-order valence-corrected chi connectivity index (χ1v) is 7.01. The first-order valence-electron chi connectivity index (χ1n) is 5.08. The molecule has 0 aliphatic heterocycles. The predicted molar refractivity (Wildman–Crippen MR) is 72.6 cm³/mol. The lowest BCUT2D eigenvalue weighted by Gasteiger charge is -2.24. The molecule has 0 amide bonds. The Morgan fingerprint density at radius 2 is 1.65 bits per heavy atom. The number of rotatable bonds is 9. The number of aliphatic carboxylic acids is 1. The Balaban J connectivity index is 0. The van der Waals surface area contributed by atoms with Crippen molar-refractivity contribution >= 4 is 28.3 Å². The van der Waals surface area contributed by atoms with Crippen molar-refractivity contribution < 1.29 is 23.2 Å². The zero-order chi connectivity index (χ0) is 12.6. The maximum atomic E-state index is 10.5. The summed E-state index contributed by atoms with van der Waals surface area (Å²) in [6, 6.07) is 0.684. The van der Waals surface area contributed by atoms with Gasteiger partial charge >= 0.3 is 14.8 Å². The van der Waals surface area contributed by atoms with Crippen LogP contribution in [0.2, 0.25) is 6.04 Å². The summed E-state index contributed by atoms with van der Waals surface area (Å²) in [5.41, 5.74) is 0.236. The van der Waals surface area contributed by atoms with Crippen molar-refractivity contribution in [2.24, 2.45) is 0 Å². The van der Waals surface area contributed by atoms with Crippen LogP contribution in [0.15, 0.2) is 12.2 Å². The van der Waals surface area contributed by atoms with E-state index in [4.69, 9.17) is 18.4 Å². The lowest BCUT2D eigenvalue weighted by atomic mass is 10.1. The zero-order valence-corrected chi connectivity index (χ0v) is 12.6. The van der Waals surface area contributed by atoms with Crippen LogP contribution < -0.4 is 0 Å². The molecule has 0 atom stereocenters. The van der Waals surface area contributed by atoms with Gasteiger partial charge in [-0.2, -0.15) is 13.5 Å². The molecule has 5 nitrogen and oxygen atoms in total. The van der Waals surface area contributed by atoms with E-state index in [-0.39, 0.29) is 19.1 Å². The third-order valence-electron chi connectivity index (χ3n) is 2.45. The first-order chi connectivity index (χ1) is 7.51. The molecule has 0 aromatic carbocycles. The SMILES string of the molecule is C=C(CCCC[Si](OC)(OC)OC)C(=O)O.S. The minimum Gasteiger partial charge on any atom is -0.478 e. The molecule has 0 aliphatic rings. The maximum absolute atomic E-state index is 10.5. The van der Waals surface area contributed by atoms with Gasteiger partial charge < -0.3 is 18.4 Å². The molecule has 0 aromatic heterocycles. The van der Waals surface area contributed by atoms with E-state index in [1.54, 1.807) is 21.3 Å². The quantitative estimate of drug-likeness (QED) is 0.397. The Labute approximate surface area is 111 Å². The molecule has 0 fully saturated rings. The molecular formula is C10H22O5SSi. The summed E-state index contributed by atoms with van der Waals surface area (Å²) in [5, 5.41) is 8.61. The molecule has 0 aliphatic carbocycles. The van der Waals surface area contributed by atoms with Crippen LogP contribution >= 0.6 is 13.5 Å². The summed E-state index contributed by atoms with van der Waals surface area (Å²) < 4.78 is 15.7. The molecule has 102 valence electrons. The van der Waals surface area contributed by atoms with Crippen LogP contribution in [0.25, 0.3) is 0 Å². The fourth-order valence-electron chi connectivity index (χ4n) is 1.34. The second kappa shape index (κ2) is 9.66. The second-order valence-electron chi connectivity index (χ2n) is 3.41. The van der Waals surface area contributed by atoms with Crippen LogP contribution in [-0.2, 0) is 18.1 Å². The molecule has 0 saturated heterocycles. The van der Waals surface area contributed by atoms with Gasteiger partial charge in [-0.25, -0.2) is 4.79 Å². The summed E-state index contributed by atoms with van der Waals surface area (Å²) >= 11 is 0. The van der Waals surface area contributed by atoms with E-state index in [2.05, 4.69) is 6.58 Å². The normalized spacial score (nSPS) is 10.8. The highest BCUT2D eigenvalue weighted by atomic mass is 32.1. The lowest BCUT2D eigenvalue weighted by Crippen LogP contribution is -2.42. The molecule has 0 rings (SSSR count). The van der Waals surface area contributed by atoms with Gasteiger partial charge in [-0.05, 0) is 19.3 Å². The molecule has 1 N–H and O–H groups in total. The zero-order valence-electron chi connectivity index (χ0n) is 10.6. The number of carboxylic acids is 1. The molecule has 0 heterocycles. The van der Waals surface area contributed by atoms with E-state index < -0.39 is 14.8 Å². The van der Waals surface area contributed by atoms with Crippen molar-refractivity contribution in [1.29, 1.82) is 0 Å². The van der Waals surface area contributed by atoms with E-state index >= 15 is 0 Å². The van der Waals surface area contributed by atoms with Crippen molar-refractivity contribution in [3.63, 3.8) is 0 Å². The van der Waals surface area contributed by atoms with Gasteiger partial charge in [0.2, 0.25) is 0 Å². The fourth-order valence-corrected chi connectivity index (χ4v) is 3.14. The lowest BCUT2D eigenvalue weighted by molar-refractivity contribution is -0.132. The topological polar surface area (TPSA) is 65.0 Å². The molecule has 17 heavy (non-hydrogen) atoms. The van der Waals surface area contributed by atoms with Crippen LogP contribution in [0.5, 0.6) is 0 Å². The predicted octanol–water partition coefficient (Wildman–Crippen LogP) is 1.79. The third-order valence-corrected chi connectivity index (χ3v) is 5.28. The van der Waals surface area contributed by atoms with Crippen molar-refractivity contribution in [2.45, 2.75) is 25.3 Å². The fraction of sp³-hybridized carbons (Fsp3) is 0.700. The van der Waals surface area contributed by atoms with E-state index in [1.165, 1.54) is 0 Å². The van der Waals surface area contributed by atoms with Gasteiger partial charge in [0.1, 0.15) is 0 Å². The minimum absolute atomic E-state index is 0. The molecule has 0 unspecified atom stereocenters. The Bertz CT molecular complexity index is 235. The van der Waals surface area contributed by atoms with Gasteiger partial charge in [-0.3, -0.25) is 0 Å². The van der Waals surface area contributed by atoms with Gasteiger partial charge in [0.05, 0.1) is 0 Å². The first kappa shape index (κ1) is 19.0. The monoisotopic (exact) mass is 282 g/mol. The van der Waals surface area contributed by atoms with Crippen molar-refractivity contribution in [3.8, 4) is 0 Å². The van der Waals surface area contributed by atoms with Gasteiger partial charge in [0, 0.05) is 32.9 Å². The molecule has 0 spiro atoms. The highest BCUT2D eigenvalue weighted by molar-refractivity contribution is 7.59. The molecular weight excluding hydrogens is 260 g/mol. The Hall–Kier alpha value is -0.343. The highest BCUT2D eigenvalue weighted by Crippen LogP contribution is 2.18. The summed E-state index contributed by atoms with van der Waals surface area (Å²) in [7, 11) is 2.20. The van der Waals surface area contributed by atoms with Crippen LogP contribution in [0.1, 0.15) is 19.3 Å². The average Bonchev–Trinajstić information content (AvgIpc) is 2.30. The number of carbonyl (C=O) groups is 1. The molecule has 0 saturated carbocycles. The molecule has 0 bridgehead atoms. The number of hydrogen-bond acceptors (Lipinski definition) is 4.